The summed E-state index contributed by atoms with van der Waals surface area (Å²) in [7, 11) is 0. The average molecular weight is 504 g/mol. The summed E-state index contributed by atoms with van der Waals surface area (Å²) >= 11 is 0. The molecule has 5 aromatic rings. The fourth-order valence-electron chi connectivity index (χ4n) is 4.49. The summed E-state index contributed by atoms with van der Waals surface area (Å²) in [6.07, 6.45) is 7.93. The van der Waals surface area contributed by atoms with Gasteiger partial charge in [-0.05, 0) is 37.0 Å². The van der Waals surface area contributed by atoms with Crippen molar-refractivity contribution in [1.29, 1.82) is 0 Å². The van der Waals surface area contributed by atoms with Crippen LogP contribution in [0.5, 0.6) is 0 Å². The van der Waals surface area contributed by atoms with E-state index >= 15 is 0 Å². The second-order valence-electron chi connectivity index (χ2n) is 9.38. The van der Waals surface area contributed by atoms with Gasteiger partial charge < -0.3 is 10.6 Å². The molecular weight excluding hydrogens is 470 g/mol. The number of aromatic nitrogens is 3. The van der Waals surface area contributed by atoms with Crippen LogP contribution in [0.2, 0.25) is 0 Å². The summed E-state index contributed by atoms with van der Waals surface area (Å²) in [5.41, 5.74) is 6.62. The zero-order chi connectivity index (χ0) is 26.2. The molecule has 1 amide bonds. The van der Waals surface area contributed by atoms with Gasteiger partial charge >= 0.3 is 0 Å². The Bertz CT molecular complexity index is 1480. The number of anilines is 1. The molecule has 0 saturated carbocycles. The van der Waals surface area contributed by atoms with Gasteiger partial charge in [0.25, 0.3) is 5.91 Å². The predicted molar refractivity (Wildman–Crippen MR) is 154 cm³/mol. The summed E-state index contributed by atoms with van der Waals surface area (Å²) in [4.78, 5) is 22.1. The lowest BCUT2D eigenvalue weighted by Crippen LogP contribution is -2.24. The Morgan fingerprint density at radius 2 is 1.58 bits per heavy atom. The quantitative estimate of drug-likeness (QED) is 0.198. The first-order valence-electron chi connectivity index (χ1n) is 13.3. The lowest BCUT2D eigenvalue weighted by Gasteiger charge is -2.12. The molecule has 0 fully saturated rings. The van der Waals surface area contributed by atoms with Crippen LogP contribution in [0.25, 0.3) is 28.2 Å². The minimum absolute atomic E-state index is 0.0410. The highest BCUT2D eigenvalue weighted by molar-refractivity contribution is 5.94. The fourth-order valence-corrected chi connectivity index (χ4v) is 4.49. The number of amides is 1. The van der Waals surface area contributed by atoms with Crippen molar-refractivity contribution < 1.29 is 4.79 Å². The van der Waals surface area contributed by atoms with Crippen molar-refractivity contribution >= 4 is 17.4 Å². The Morgan fingerprint density at radius 1 is 0.842 bits per heavy atom. The van der Waals surface area contributed by atoms with Crippen LogP contribution in [0.1, 0.15) is 42.1 Å². The van der Waals surface area contributed by atoms with Crippen molar-refractivity contribution in [1.82, 2.24) is 19.7 Å². The van der Waals surface area contributed by atoms with Crippen molar-refractivity contribution in [3.63, 3.8) is 0 Å². The van der Waals surface area contributed by atoms with Crippen molar-refractivity contribution in [2.75, 3.05) is 18.4 Å². The maximum Gasteiger partial charge on any atom is 0.251 e. The summed E-state index contributed by atoms with van der Waals surface area (Å²) in [5.74, 6) is 0.721. The van der Waals surface area contributed by atoms with Gasteiger partial charge in [-0.25, -0.2) is 9.97 Å². The molecular formula is C32H33N5O. The number of carbonyl (C=O) groups excluding carboxylic acids is 1. The minimum Gasteiger partial charge on any atom is -0.367 e. The molecule has 5 rings (SSSR count). The molecule has 2 N–H and O–H groups in total. The molecule has 192 valence electrons. The summed E-state index contributed by atoms with van der Waals surface area (Å²) in [5, 5.41) is 6.51. The van der Waals surface area contributed by atoms with E-state index in [9.17, 15) is 4.79 Å². The van der Waals surface area contributed by atoms with E-state index in [1.54, 1.807) is 0 Å². The molecule has 3 aromatic carbocycles. The maximum atomic E-state index is 12.4. The van der Waals surface area contributed by atoms with Crippen LogP contribution >= 0.6 is 0 Å². The molecule has 0 radical (unpaired) electrons. The Hall–Kier alpha value is -4.45. The number of hydrogen-bond donors (Lipinski definition) is 2. The van der Waals surface area contributed by atoms with E-state index < -0.39 is 0 Å². The number of imidazole rings is 1. The summed E-state index contributed by atoms with van der Waals surface area (Å²) in [6, 6.07) is 28.4. The molecule has 2 aromatic heterocycles. The highest BCUT2D eigenvalue weighted by atomic mass is 16.1. The van der Waals surface area contributed by atoms with Gasteiger partial charge in [-0.2, -0.15) is 0 Å². The number of hydrogen-bond acceptors (Lipinski definition) is 4. The SMILES string of the molecule is CCCCNC(=O)c1ccc(-c2cnc3c(NCCCc4ccccc4)nc(-c4ccccc4)cn23)cc1. The standard InChI is InChI=1S/C32H33N5O/c1-2-3-20-34-32(38)27-18-16-26(17-19-27)29-22-35-31-30(33-21-10-13-24-11-6-4-7-12-24)36-28(23-37(29)31)25-14-8-5-9-15-25/h4-9,11-12,14-19,22-23H,2-3,10,13,20-21H2,1H3,(H,33,36)(H,34,38). The van der Waals surface area contributed by atoms with Gasteiger partial charge in [0.2, 0.25) is 0 Å². The van der Waals surface area contributed by atoms with Crippen molar-refractivity contribution in [3.8, 4) is 22.5 Å². The molecule has 0 saturated heterocycles. The van der Waals surface area contributed by atoms with E-state index in [2.05, 4.69) is 58.4 Å². The van der Waals surface area contributed by atoms with Crippen LogP contribution in [-0.4, -0.2) is 33.4 Å². The summed E-state index contributed by atoms with van der Waals surface area (Å²) < 4.78 is 2.09. The molecule has 2 heterocycles. The first kappa shape index (κ1) is 25.2. The third kappa shape index (κ3) is 5.92. The number of aryl methyl sites for hydroxylation is 1. The summed E-state index contributed by atoms with van der Waals surface area (Å²) in [6.45, 7) is 3.60. The fraction of sp³-hybridized carbons (Fsp3) is 0.219. The molecule has 38 heavy (non-hydrogen) atoms. The van der Waals surface area contributed by atoms with Crippen LogP contribution in [0.4, 0.5) is 5.82 Å². The van der Waals surface area contributed by atoms with Crippen molar-refractivity contribution in [2.45, 2.75) is 32.6 Å². The maximum absolute atomic E-state index is 12.4. The lowest BCUT2D eigenvalue weighted by atomic mass is 10.1. The first-order chi connectivity index (χ1) is 18.7. The number of fused-ring (bicyclic) bond motifs is 1. The van der Waals surface area contributed by atoms with E-state index in [-0.39, 0.29) is 5.91 Å². The topological polar surface area (TPSA) is 71.3 Å². The third-order valence-electron chi connectivity index (χ3n) is 6.60. The van der Waals surface area contributed by atoms with E-state index in [1.165, 1.54) is 5.56 Å². The van der Waals surface area contributed by atoms with E-state index in [0.717, 1.165) is 66.2 Å². The number of nitrogens with zero attached hydrogens (tertiary/aromatic N) is 3. The molecule has 0 atom stereocenters. The second kappa shape index (κ2) is 12.2. The third-order valence-corrected chi connectivity index (χ3v) is 6.60. The monoisotopic (exact) mass is 503 g/mol. The van der Waals surface area contributed by atoms with Gasteiger partial charge in [-0.3, -0.25) is 9.20 Å². The van der Waals surface area contributed by atoms with Gasteiger partial charge in [0.1, 0.15) is 0 Å². The van der Waals surface area contributed by atoms with E-state index in [0.29, 0.717) is 12.1 Å². The number of benzene rings is 3. The van der Waals surface area contributed by atoms with Crippen LogP contribution < -0.4 is 10.6 Å². The van der Waals surface area contributed by atoms with E-state index in [1.807, 2.05) is 60.9 Å². The van der Waals surface area contributed by atoms with Crippen LogP contribution in [0.15, 0.2) is 97.3 Å². The van der Waals surface area contributed by atoms with Crippen molar-refractivity contribution in [2.24, 2.45) is 0 Å². The van der Waals surface area contributed by atoms with Gasteiger partial charge in [0.05, 0.1) is 17.6 Å². The van der Waals surface area contributed by atoms with Crippen molar-refractivity contribution in [3.05, 3.63) is 108 Å². The normalized spacial score (nSPS) is 11.0. The molecule has 0 spiro atoms. The van der Waals surface area contributed by atoms with Gasteiger partial charge in [-0.1, -0.05) is 86.1 Å². The average Bonchev–Trinajstić information content (AvgIpc) is 3.41. The zero-order valence-electron chi connectivity index (χ0n) is 21.7. The number of carbonyl (C=O) groups is 1. The largest absolute Gasteiger partial charge is 0.367 e. The molecule has 0 unspecified atom stereocenters. The van der Waals surface area contributed by atoms with Gasteiger partial charge in [0.15, 0.2) is 11.5 Å². The molecule has 0 aliphatic carbocycles. The number of nitrogens with one attached hydrogen (secondary N) is 2. The Morgan fingerprint density at radius 3 is 2.32 bits per heavy atom. The second-order valence-corrected chi connectivity index (χ2v) is 9.38. The molecule has 0 bridgehead atoms. The van der Waals surface area contributed by atoms with Crippen LogP contribution in [0, 0.1) is 0 Å². The Balaban J connectivity index is 1.41. The number of rotatable bonds is 11. The van der Waals surface area contributed by atoms with Gasteiger partial charge in [-0.15, -0.1) is 0 Å². The molecule has 6 nitrogen and oxygen atoms in total. The minimum atomic E-state index is -0.0410. The first-order valence-corrected chi connectivity index (χ1v) is 13.3. The Labute approximate surface area is 223 Å². The number of unbranched alkanes of at least 4 members (excludes halogenated alkanes) is 1. The lowest BCUT2D eigenvalue weighted by molar-refractivity contribution is 0.0953. The Kier molecular flexibility index (Phi) is 8.09. The molecule has 0 aliphatic heterocycles. The van der Waals surface area contributed by atoms with E-state index in [4.69, 9.17) is 9.97 Å². The molecule has 0 aliphatic rings. The van der Waals surface area contributed by atoms with Crippen LogP contribution in [-0.2, 0) is 6.42 Å². The smallest absolute Gasteiger partial charge is 0.251 e. The van der Waals surface area contributed by atoms with Gasteiger partial charge in [0, 0.05) is 36.0 Å². The zero-order valence-corrected chi connectivity index (χ0v) is 21.7. The highest BCUT2D eigenvalue weighted by Gasteiger charge is 2.14. The predicted octanol–water partition coefficient (Wildman–Crippen LogP) is 6.64. The highest BCUT2D eigenvalue weighted by Crippen LogP contribution is 2.28. The molecule has 6 heteroatoms. The van der Waals surface area contributed by atoms with Crippen LogP contribution in [0.3, 0.4) is 0 Å².